The van der Waals surface area contributed by atoms with E-state index in [1.165, 1.54) is 12.1 Å². The Balaban J connectivity index is 1.84. The molecule has 1 aromatic rings. The van der Waals surface area contributed by atoms with E-state index in [-0.39, 0.29) is 17.9 Å². The SMILES string of the molecule is CC(C)(C)OC(=O)N1CCN(C(=O)Nc2cccc(O)c2)CC1. The van der Waals surface area contributed by atoms with Crippen LogP contribution in [0.3, 0.4) is 0 Å². The Hall–Kier alpha value is -2.44. The largest absolute Gasteiger partial charge is 0.508 e. The molecule has 2 N–H and O–H groups in total. The number of urea groups is 1. The average Bonchev–Trinajstić information content (AvgIpc) is 2.45. The lowest BCUT2D eigenvalue weighted by Crippen LogP contribution is -2.52. The Bertz CT molecular complexity index is 575. The lowest BCUT2D eigenvalue weighted by Gasteiger charge is -2.35. The molecule has 0 unspecified atom stereocenters. The van der Waals surface area contributed by atoms with E-state index < -0.39 is 5.60 Å². The zero-order valence-corrected chi connectivity index (χ0v) is 13.7. The van der Waals surface area contributed by atoms with Gasteiger partial charge in [-0.1, -0.05) is 6.07 Å². The maximum absolute atomic E-state index is 12.2. The van der Waals surface area contributed by atoms with Crippen LogP contribution in [0, 0.1) is 0 Å². The van der Waals surface area contributed by atoms with Crippen molar-refractivity contribution < 1.29 is 19.4 Å². The van der Waals surface area contributed by atoms with Crippen LogP contribution >= 0.6 is 0 Å². The van der Waals surface area contributed by atoms with Crippen LogP contribution in [0.5, 0.6) is 5.75 Å². The predicted molar refractivity (Wildman–Crippen MR) is 86.5 cm³/mol. The zero-order valence-electron chi connectivity index (χ0n) is 13.7. The average molecular weight is 321 g/mol. The molecule has 126 valence electrons. The first kappa shape index (κ1) is 16.9. The fraction of sp³-hybridized carbons (Fsp3) is 0.500. The van der Waals surface area contributed by atoms with Crippen molar-refractivity contribution in [3.63, 3.8) is 0 Å². The summed E-state index contributed by atoms with van der Waals surface area (Å²) in [5, 5.41) is 12.1. The number of phenolic OH excluding ortho intramolecular Hbond substituents is 1. The number of benzene rings is 1. The fourth-order valence-electron chi connectivity index (χ4n) is 2.20. The number of piperazine rings is 1. The molecule has 1 saturated heterocycles. The number of amides is 3. The van der Waals surface area contributed by atoms with Gasteiger partial charge in [0.25, 0.3) is 0 Å². The second-order valence-electron chi connectivity index (χ2n) is 6.43. The monoisotopic (exact) mass is 321 g/mol. The van der Waals surface area contributed by atoms with Crippen LogP contribution in [0.25, 0.3) is 0 Å². The summed E-state index contributed by atoms with van der Waals surface area (Å²) in [6.45, 7) is 7.20. The molecule has 23 heavy (non-hydrogen) atoms. The molecule has 1 fully saturated rings. The van der Waals surface area contributed by atoms with Crippen molar-refractivity contribution >= 4 is 17.8 Å². The molecule has 1 heterocycles. The summed E-state index contributed by atoms with van der Waals surface area (Å²) in [5.41, 5.74) is 0.00513. The summed E-state index contributed by atoms with van der Waals surface area (Å²) in [6.07, 6.45) is -0.356. The third-order valence-electron chi connectivity index (χ3n) is 3.32. The summed E-state index contributed by atoms with van der Waals surface area (Å²) < 4.78 is 5.32. The Morgan fingerprint density at radius 1 is 1.13 bits per heavy atom. The van der Waals surface area contributed by atoms with Crippen molar-refractivity contribution in [3.8, 4) is 5.75 Å². The number of hydrogen-bond donors (Lipinski definition) is 2. The van der Waals surface area contributed by atoms with Gasteiger partial charge in [-0.05, 0) is 32.9 Å². The Labute approximate surface area is 135 Å². The summed E-state index contributed by atoms with van der Waals surface area (Å²) in [5.74, 6) is 0.0949. The highest BCUT2D eigenvalue weighted by Gasteiger charge is 2.27. The van der Waals surface area contributed by atoms with Crippen LogP contribution in [-0.2, 0) is 4.74 Å². The minimum atomic E-state index is -0.527. The number of hydrogen-bond acceptors (Lipinski definition) is 4. The second kappa shape index (κ2) is 6.76. The van der Waals surface area contributed by atoms with Gasteiger partial charge >= 0.3 is 12.1 Å². The first-order valence-corrected chi connectivity index (χ1v) is 7.57. The van der Waals surface area contributed by atoms with Gasteiger partial charge in [0.05, 0.1) is 0 Å². The number of carbonyl (C=O) groups is 2. The molecule has 1 aliphatic rings. The van der Waals surface area contributed by atoms with Crippen LogP contribution in [0.2, 0.25) is 0 Å². The number of nitrogens with one attached hydrogen (secondary N) is 1. The quantitative estimate of drug-likeness (QED) is 0.832. The molecule has 3 amide bonds. The topological polar surface area (TPSA) is 82.1 Å². The molecule has 0 aliphatic carbocycles. The smallest absolute Gasteiger partial charge is 0.410 e. The number of ether oxygens (including phenoxy) is 1. The second-order valence-corrected chi connectivity index (χ2v) is 6.43. The van der Waals surface area contributed by atoms with Gasteiger partial charge in [0, 0.05) is 37.9 Å². The highest BCUT2D eigenvalue weighted by atomic mass is 16.6. The zero-order chi connectivity index (χ0) is 17.0. The first-order valence-electron chi connectivity index (χ1n) is 7.57. The fourth-order valence-corrected chi connectivity index (χ4v) is 2.20. The molecule has 0 bridgehead atoms. The van der Waals surface area contributed by atoms with E-state index in [0.717, 1.165) is 0 Å². The maximum Gasteiger partial charge on any atom is 0.410 e. The van der Waals surface area contributed by atoms with Gasteiger partial charge < -0.3 is 25.0 Å². The maximum atomic E-state index is 12.2. The van der Waals surface area contributed by atoms with Crippen molar-refractivity contribution in [2.45, 2.75) is 26.4 Å². The molecule has 0 radical (unpaired) electrons. The van der Waals surface area contributed by atoms with Gasteiger partial charge in [-0.15, -0.1) is 0 Å². The third kappa shape index (κ3) is 5.05. The van der Waals surface area contributed by atoms with E-state index >= 15 is 0 Å². The molecule has 2 rings (SSSR count). The van der Waals surface area contributed by atoms with Gasteiger partial charge in [-0.2, -0.15) is 0 Å². The predicted octanol–water partition coefficient (Wildman–Crippen LogP) is 2.48. The van der Waals surface area contributed by atoms with E-state index in [1.807, 2.05) is 20.8 Å². The molecule has 7 nitrogen and oxygen atoms in total. The van der Waals surface area contributed by atoms with E-state index in [9.17, 15) is 14.7 Å². The Morgan fingerprint density at radius 2 is 1.74 bits per heavy atom. The molecule has 0 aromatic heterocycles. The number of carbonyl (C=O) groups excluding carboxylic acids is 2. The van der Waals surface area contributed by atoms with Crippen molar-refractivity contribution in [1.29, 1.82) is 0 Å². The van der Waals surface area contributed by atoms with Gasteiger partial charge in [0.2, 0.25) is 0 Å². The summed E-state index contributed by atoms with van der Waals surface area (Å²) in [6, 6.07) is 6.13. The van der Waals surface area contributed by atoms with Crippen LogP contribution in [0.4, 0.5) is 15.3 Å². The van der Waals surface area contributed by atoms with Crippen LogP contribution < -0.4 is 5.32 Å². The molecule has 0 saturated carbocycles. The third-order valence-corrected chi connectivity index (χ3v) is 3.32. The van der Waals surface area contributed by atoms with E-state index in [4.69, 9.17) is 4.74 Å². The van der Waals surface area contributed by atoms with Crippen molar-refractivity contribution in [1.82, 2.24) is 9.80 Å². The van der Waals surface area contributed by atoms with Crippen molar-refractivity contribution in [2.24, 2.45) is 0 Å². The van der Waals surface area contributed by atoms with Gasteiger partial charge in [0.15, 0.2) is 0 Å². The number of rotatable bonds is 1. The normalized spacial score (nSPS) is 15.3. The number of anilines is 1. The van der Waals surface area contributed by atoms with Gasteiger partial charge in [-0.3, -0.25) is 0 Å². The van der Waals surface area contributed by atoms with E-state index in [2.05, 4.69) is 5.32 Å². The lowest BCUT2D eigenvalue weighted by molar-refractivity contribution is 0.0174. The molecule has 0 atom stereocenters. The van der Waals surface area contributed by atoms with Crippen LogP contribution in [0.1, 0.15) is 20.8 Å². The standard InChI is InChI=1S/C16H23N3O4/c1-16(2,3)23-15(22)19-9-7-18(8-10-19)14(21)17-12-5-4-6-13(20)11-12/h4-6,11,20H,7-10H2,1-3H3,(H,17,21). The van der Waals surface area contributed by atoms with Gasteiger partial charge in [0.1, 0.15) is 11.4 Å². The molecule has 7 heteroatoms. The van der Waals surface area contributed by atoms with Gasteiger partial charge in [-0.25, -0.2) is 9.59 Å². The van der Waals surface area contributed by atoms with Crippen LogP contribution in [-0.4, -0.2) is 58.8 Å². The lowest BCUT2D eigenvalue weighted by atomic mass is 10.2. The number of aromatic hydroxyl groups is 1. The van der Waals surface area contributed by atoms with E-state index in [0.29, 0.717) is 31.9 Å². The van der Waals surface area contributed by atoms with Crippen molar-refractivity contribution in [2.75, 3.05) is 31.5 Å². The van der Waals surface area contributed by atoms with E-state index in [1.54, 1.807) is 21.9 Å². The Kier molecular flexibility index (Phi) is 4.98. The Morgan fingerprint density at radius 3 is 2.30 bits per heavy atom. The summed E-state index contributed by atoms with van der Waals surface area (Å²) in [7, 11) is 0. The molecule has 1 aliphatic heterocycles. The first-order chi connectivity index (χ1) is 10.7. The highest BCUT2D eigenvalue weighted by Crippen LogP contribution is 2.17. The summed E-state index contributed by atoms with van der Waals surface area (Å²) >= 11 is 0. The van der Waals surface area contributed by atoms with Crippen molar-refractivity contribution in [3.05, 3.63) is 24.3 Å². The molecule has 0 spiro atoms. The molecule has 1 aromatic carbocycles. The number of phenols is 1. The molecular formula is C16H23N3O4. The minimum absolute atomic E-state index is 0.0949. The molecular weight excluding hydrogens is 298 g/mol. The summed E-state index contributed by atoms with van der Waals surface area (Å²) in [4.78, 5) is 27.4. The minimum Gasteiger partial charge on any atom is -0.508 e. The number of nitrogens with zero attached hydrogens (tertiary/aromatic N) is 2. The van der Waals surface area contributed by atoms with Crippen LogP contribution in [0.15, 0.2) is 24.3 Å². The highest BCUT2D eigenvalue weighted by molar-refractivity contribution is 5.89.